The third-order valence-electron chi connectivity index (χ3n) is 2.88. The number of carbonyl (C=O) groups is 1. The second-order valence-corrected chi connectivity index (χ2v) is 4.11. The Morgan fingerprint density at radius 2 is 2.47 bits per heavy atom. The highest BCUT2D eigenvalue weighted by Gasteiger charge is 2.32. The van der Waals surface area contributed by atoms with E-state index in [0.29, 0.717) is 25.5 Å². The molecule has 2 heterocycles. The minimum Gasteiger partial charge on any atom is -0.461 e. The maximum Gasteiger partial charge on any atom is 0.356 e. The number of hydrogen-bond acceptors (Lipinski definition) is 5. The second-order valence-electron chi connectivity index (χ2n) is 4.11. The standard InChI is InChI=1S/C12H16N2O3/c1-2-17-11(15)10-4-3-9(7-14-10)12(13)5-6-16-8-12/h3-4,7H,2,5-6,8,13H2,1H3. The maximum atomic E-state index is 11.4. The molecule has 1 saturated heterocycles. The van der Waals surface area contributed by atoms with Gasteiger partial charge in [0.1, 0.15) is 5.69 Å². The molecule has 0 spiro atoms. The van der Waals surface area contributed by atoms with Gasteiger partial charge in [-0.1, -0.05) is 6.07 Å². The Balaban J connectivity index is 2.15. The van der Waals surface area contributed by atoms with E-state index in [1.165, 1.54) is 0 Å². The molecule has 1 atom stereocenters. The molecule has 2 N–H and O–H groups in total. The minimum absolute atomic E-state index is 0.304. The van der Waals surface area contributed by atoms with Crippen LogP contribution in [0.3, 0.4) is 0 Å². The van der Waals surface area contributed by atoms with Crippen molar-refractivity contribution in [3.63, 3.8) is 0 Å². The Kier molecular flexibility index (Phi) is 3.40. The van der Waals surface area contributed by atoms with Crippen molar-refractivity contribution in [3.8, 4) is 0 Å². The largest absolute Gasteiger partial charge is 0.461 e. The first kappa shape index (κ1) is 12.0. The molecule has 0 amide bonds. The summed E-state index contributed by atoms with van der Waals surface area (Å²) in [5.74, 6) is -0.409. The minimum atomic E-state index is -0.472. The van der Waals surface area contributed by atoms with E-state index in [2.05, 4.69) is 4.98 Å². The third-order valence-corrected chi connectivity index (χ3v) is 2.88. The SMILES string of the molecule is CCOC(=O)c1ccc(C2(N)CCOC2)cn1. The normalized spacial score (nSPS) is 23.6. The van der Waals surface area contributed by atoms with Gasteiger partial charge in [0.15, 0.2) is 0 Å². The fraction of sp³-hybridized carbons (Fsp3) is 0.500. The first-order valence-electron chi connectivity index (χ1n) is 5.66. The zero-order valence-electron chi connectivity index (χ0n) is 9.81. The lowest BCUT2D eigenvalue weighted by molar-refractivity contribution is 0.0519. The first-order chi connectivity index (χ1) is 8.15. The van der Waals surface area contributed by atoms with Crippen LogP contribution in [0.4, 0.5) is 0 Å². The molecule has 1 unspecified atom stereocenters. The van der Waals surface area contributed by atoms with E-state index in [4.69, 9.17) is 15.2 Å². The number of nitrogens with zero attached hydrogens (tertiary/aromatic N) is 1. The maximum absolute atomic E-state index is 11.4. The van der Waals surface area contributed by atoms with Gasteiger partial charge in [-0.05, 0) is 25.0 Å². The van der Waals surface area contributed by atoms with Gasteiger partial charge in [-0.25, -0.2) is 9.78 Å². The van der Waals surface area contributed by atoms with Crippen LogP contribution < -0.4 is 5.73 Å². The van der Waals surface area contributed by atoms with E-state index >= 15 is 0 Å². The summed E-state index contributed by atoms with van der Waals surface area (Å²) in [7, 11) is 0. The third kappa shape index (κ3) is 2.45. The topological polar surface area (TPSA) is 74.4 Å². The molecule has 5 heteroatoms. The van der Waals surface area contributed by atoms with Crippen molar-refractivity contribution in [2.24, 2.45) is 5.73 Å². The lowest BCUT2D eigenvalue weighted by Crippen LogP contribution is -2.37. The molecular formula is C12H16N2O3. The van der Waals surface area contributed by atoms with Gasteiger partial charge < -0.3 is 15.2 Å². The molecule has 92 valence electrons. The molecule has 0 radical (unpaired) electrons. The van der Waals surface area contributed by atoms with Crippen molar-refractivity contribution in [1.82, 2.24) is 4.98 Å². The number of hydrogen-bond donors (Lipinski definition) is 1. The summed E-state index contributed by atoms with van der Waals surface area (Å²) in [4.78, 5) is 15.5. The van der Waals surface area contributed by atoms with Crippen LogP contribution in [0.25, 0.3) is 0 Å². The summed E-state index contributed by atoms with van der Waals surface area (Å²) in [6.07, 6.45) is 2.40. The van der Waals surface area contributed by atoms with Crippen molar-refractivity contribution in [1.29, 1.82) is 0 Å². The highest BCUT2D eigenvalue weighted by atomic mass is 16.5. The summed E-state index contributed by atoms with van der Waals surface area (Å²) in [5, 5.41) is 0. The van der Waals surface area contributed by atoms with Gasteiger partial charge >= 0.3 is 5.97 Å². The van der Waals surface area contributed by atoms with Gasteiger partial charge in [-0.2, -0.15) is 0 Å². The molecule has 0 aromatic carbocycles. The highest BCUT2D eigenvalue weighted by Crippen LogP contribution is 2.26. The average Bonchev–Trinajstić information content (AvgIpc) is 2.78. The molecule has 0 saturated carbocycles. The lowest BCUT2D eigenvalue weighted by atomic mass is 9.92. The van der Waals surface area contributed by atoms with Gasteiger partial charge in [0.05, 0.1) is 18.8 Å². The lowest BCUT2D eigenvalue weighted by Gasteiger charge is -2.21. The molecule has 1 aliphatic rings. The van der Waals surface area contributed by atoms with Gasteiger partial charge in [-0.3, -0.25) is 0 Å². The summed E-state index contributed by atoms with van der Waals surface area (Å²) in [6.45, 7) is 3.26. The average molecular weight is 236 g/mol. The number of aromatic nitrogens is 1. The molecule has 1 fully saturated rings. The van der Waals surface area contributed by atoms with Gasteiger partial charge in [0.2, 0.25) is 0 Å². The van der Waals surface area contributed by atoms with Crippen molar-refractivity contribution in [3.05, 3.63) is 29.6 Å². The van der Waals surface area contributed by atoms with E-state index in [1.54, 1.807) is 19.2 Å². The monoisotopic (exact) mass is 236 g/mol. The van der Waals surface area contributed by atoms with Crippen molar-refractivity contribution in [2.45, 2.75) is 18.9 Å². The number of carbonyl (C=O) groups excluding carboxylic acids is 1. The van der Waals surface area contributed by atoms with Crippen molar-refractivity contribution < 1.29 is 14.3 Å². The number of esters is 1. The molecule has 17 heavy (non-hydrogen) atoms. The Morgan fingerprint density at radius 3 is 3.00 bits per heavy atom. The van der Waals surface area contributed by atoms with Crippen LogP contribution in [-0.4, -0.2) is 30.8 Å². The fourth-order valence-corrected chi connectivity index (χ4v) is 1.82. The number of rotatable bonds is 3. The van der Waals surface area contributed by atoms with E-state index in [9.17, 15) is 4.79 Å². The van der Waals surface area contributed by atoms with Crippen LogP contribution in [0.5, 0.6) is 0 Å². The van der Waals surface area contributed by atoms with Crippen molar-refractivity contribution in [2.75, 3.05) is 19.8 Å². The van der Waals surface area contributed by atoms with E-state index in [0.717, 1.165) is 12.0 Å². The molecule has 2 rings (SSSR count). The Labute approximate surface area is 99.9 Å². The summed E-state index contributed by atoms with van der Waals surface area (Å²) in [5.41, 5.74) is 6.91. The Morgan fingerprint density at radius 1 is 1.65 bits per heavy atom. The number of ether oxygens (including phenoxy) is 2. The van der Waals surface area contributed by atoms with Crippen LogP contribution >= 0.6 is 0 Å². The zero-order valence-corrected chi connectivity index (χ0v) is 9.81. The van der Waals surface area contributed by atoms with Crippen LogP contribution in [0.15, 0.2) is 18.3 Å². The first-order valence-corrected chi connectivity index (χ1v) is 5.66. The highest BCUT2D eigenvalue weighted by molar-refractivity contribution is 5.87. The Bertz CT molecular complexity index is 397. The van der Waals surface area contributed by atoms with Crippen LogP contribution in [-0.2, 0) is 15.0 Å². The summed E-state index contributed by atoms with van der Waals surface area (Å²) >= 11 is 0. The summed E-state index contributed by atoms with van der Waals surface area (Å²) in [6, 6.07) is 3.45. The smallest absolute Gasteiger partial charge is 0.356 e. The van der Waals surface area contributed by atoms with E-state index < -0.39 is 11.5 Å². The van der Waals surface area contributed by atoms with Crippen LogP contribution in [0.1, 0.15) is 29.4 Å². The van der Waals surface area contributed by atoms with Gasteiger partial charge in [-0.15, -0.1) is 0 Å². The van der Waals surface area contributed by atoms with Gasteiger partial charge in [0.25, 0.3) is 0 Å². The quantitative estimate of drug-likeness (QED) is 0.787. The molecule has 1 aromatic rings. The van der Waals surface area contributed by atoms with Gasteiger partial charge in [0, 0.05) is 12.8 Å². The molecular weight excluding hydrogens is 220 g/mol. The van der Waals surface area contributed by atoms with Crippen molar-refractivity contribution >= 4 is 5.97 Å². The molecule has 1 aromatic heterocycles. The molecule has 0 bridgehead atoms. The van der Waals surface area contributed by atoms with Crippen LogP contribution in [0.2, 0.25) is 0 Å². The Hall–Kier alpha value is -1.46. The molecule has 0 aliphatic carbocycles. The van der Waals surface area contributed by atoms with E-state index in [1.807, 2.05) is 6.07 Å². The summed E-state index contributed by atoms with van der Waals surface area (Å²) < 4.78 is 10.1. The number of nitrogens with two attached hydrogens (primary N) is 1. The van der Waals surface area contributed by atoms with E-state index in [-0.39, 0.29) is 0 Å². The molecule has 1 aliphatic heterocycles. The predicted molar refractivity (Wildman–Crippen MR) is 61.5 cm³/mol. The second kappa shape index (κ2) is 4.81. The predicted octanol–water partition coefficient (Wildman–Crippen LogP) is 0.833. The fourth-order valence-electron chi connectivity index (χ4n) is 1.82. The van der Waals surface area contributed by atoms with Crippen LogP contribution in [0, 0.1) is 0 Å². The number of pyridine rings is 1. The molecule has 5 nitrogen and oxygen atoms in total. The zero-order chi connectivity index (χ0) is 12.3.